The van der Waals surface area contributed by atoms with E-state index in [1.165, 1.54) is 0 Å². The summed E-state index contributed by atoms with van der Waals surface area (Å²) in [6, 6.07) is 0.259. The summed E-state index contributed by atoms with van der Waals surface area (Å²) in [5, 5.41) is 9.13. The monoisotopic (exact) mass is 268 g/mol. The second kappa shape index (κ2) is 5.80. The van der Waals surface area contributed by atoms with Gasteiger partial charge in [-0.15, -0.1) is 0 Å². The number of urea groups is 1. The van der Waals surface area contributed by atoms with Crippen LogP contribution in [0.2, 0.25) is 0 Å². The molecule has 2 fully saturated rings. The van der Waals surface area contributed by atoms with Gasteiger partial charge in [-0.05, 0) is 32.6 Å². The maximum atomic E-state index is 12.6. The highest BCUT2D eigenvalue weighted by atomic mass is 16.4. The van der Waals surface area contributed by atoms with Gasteiger partial charge in [0.05, 0.1) is 5.92 Å². The van der Waals surface area contributed by atoms with Gasteiger partial charge in [0.2, 0.25) is 0 Å². The minimum Gasteiger partial charge on any atom is -0.481 e. The molecule has 2 atom stereocenters. The van der Waals surface area contributed by atoms with E-state index in [1.807, 2.05) is 11.8 Å². The van der Waals surface area contributed by atoms with Crippen LogP contribution < -0.4 is 0 Å². The fourth-order valence-electron chi connectivity index (χ4n) is 2.85. The minimum absolute atomic E-state index is 0.0483. The lowest BCUT2D eigenvalue weighted by molar-refractivity contribution is -0.142. The lowest BCUT2D eigenvalue weighted by atomic mass is 10.0. The van der Waals surface area contributed by atoms with Crippen molar-refractivity contribution in [1.82, 2.24) is 9.80 Å². The second-order valence-electron chi connectivity index (χ2n) is 5.73. The van der Waals surface area contributed by atoms with Gasteiger partial charge in [-0.2, -0.15) is 0 Å². The zero-order chi connectivity index (χ0) is 14.0. The molecule has 0 bridgehead atoms. The van der Waals surface area contributed by atoms with Gasteiger partial charge in [0.15, 0.2) is 0 Å². The van der Waals surface area contributed by atoms with Crippen LogP contribution in [0, 0.1) is 5.92 Å². The highest BCUT2D eigenvalue weighted by molar-refractivity contribution is 5.78. The van der Waals surface area contributed by atoms with Gasteiger partial charge in [-0.3, -0.25) is 4.79 Å². The standard InChI is InChI=1S/C14H24N2O3/c1-3-4-8-16(11-5-6-11)14(19)15-9-7-12(10(15)2)13(17)18/h10-12H,3-9H2,1-2H3,(H,17,18). The molecule has 2 aliphatic rings. The van der Waals surface area contributed by atoms with Crippen LogP contribution in [-0.2, 0) is 4.79 Å². The van der Waals surface area contributed by atoms with Crippen LogP contribution in [0.15, 0.2) is 0 Å². The number of amides is 2. The molecule has 0 radical (unpaired) electrons. The number of carboxylic acid groups (broad SMARTS) is 1. The molecule has 19 heavy (non-hydrogen) atoms. The predicted molar refractivity (Wildman–Crippen MR) is 71.9 cm³/mol. The maximum Gasteiger partial charge on any atom is 0.320 e. The topological polar surface area (TPSA) is 60.9 Å². The molecular weight excluding hydrogens is 244 g/mol. The van der Waals surface area contributed by atoms with E-state index in [9.17, 15) is 9.59 Å². The second-order valence-corrected chi connectivity index (χ2v) is 5.73. The Morgan fingerprint density at radius 1 is 1.32 bits per heavy atom. The van der Waals surface area contributed by atoms with Gasteiger partial charge in [-0.25, -0.2) is 4.79 Å². The van der Waals surface area contributed by atoms with Crippen molar-refractivity contribution in [2.24, 2.45) is 5.92 Å². The van der Waals surface area contributed by atoms with Gasteiger partial charge in [0.25, 0.3) is 0 Å². The van der Waals surface area contributed by atoms with E-state index in [0.717, 1.165) is 32.2 Å². The zero-order valence-corrected chi connectivity index (χ0v) is 11.8. The van der Waals surface area contributed by atoms with Gasteiger partial charge >= 0.3 is 12.0 Å². The fraction of sp³-hybridized carbons (Fsp3) is 0.857. The number of likely N-dealkylation sites (tertiary alicyclic amines) is 1. The molecule has 0 aromatic carbocycles. The molecule has 1 N–H and O–H groups in total. The van der Waals surface area contributed by atoms with Crippen LogP contribution in [0.1, 0.15) is 46.0 Å². The number of carboxylic acids is 1. The van der Waals surface area contributed by atoms with Crippen LogP contribution >= 0.6 is 0 Å². The summed E-state index contributed by atoms with van der Waals surface area (Å²) >= 11 is 0. The molecule has 2 rings (SSSR count). The van der Waals surface area contributed by atoms with E-state index in [1.54, 1.807) is 4.90 Å². The molecule has 108 valence electrons. The van der Waals surface area contributed by atoms with Crippen LogP contribution in [0.5, 0.6) is 0 Å². The molecule has 0 spiro atoms. The van der Waals surface area contributed by atoms with Crippen molar-refractivity contribution in [2.45, 2.75) is 58.0 Å². The van der Waals surface area contributed by atoms with Crippen molar-refractivity contribution in [2.75, 3.05) is 13.1 Å². The summed E-state index contributed by atoms with van der Waals surface area (Å²) in [4.78, 5) is 27.4. The molecule has 1 aliphatic heterocycles. The predicted octanol–water partition coefficient (Wildman–Crippen LogP) is 2.17. The largest absolute Gasteiger partial charge is 0.481 e. The molecule has 1 aliphatic carbocycles. The normalized spacial score (nSPS) is 26.5. The van der Waals surface area contributed by atoms with Gasteiger partial charge in [-0.1, -0.05) is 13.3 Å². The Balaban J connectivity index is 1.99. The van der Waals surface area contributed by atoms with Crippen molar-refractivity contribution in [3.8, 4) is 0 Å². The SMILES string of the molecule is CCCCN(C(=O)N1CCC(C(=O)O)C1C)C1CC1. The number of aliphatic carboxylic acids is 1. The maximum absolute atomic E-state index is 12.6. The summed E-state index contributed by atoms with van der Waals surface area (Å²) in [6.45, 7) is 5.36. The summed E-state index contributed by atoms with van der Waals surface area (Å²) in [5.41, 5.74) is 0. The average Bonchev–Trinajstić information content (AvgIpc) is 3.12. The van der Waals surface area contributed by atoms with Crippen LogP contribution in [-0.4, -0.2) is 52.1 Å². The summed E-state index contributed by atoms with van der Waals surface area (Å²) < 4.78 is 0. The van der Waals surface area contributed by atoms with Crippen molar-refractivity contribution >= 4 is 12.0 Å². The smallest absolute Gasteiger partial charge is 0.320 e. The summed E-state index contributed by atoms with van der Waals surface area (Å²) in [7, 11) is 0. The molecule has 0 aromatic heterocycles. The zero-order valence-electron chi connectivity index (χ0n) is 11.8. The van der Waals surface area contributed by atoms with E-state index in [4.69, 9.17) is 5.11 Å². The first-order valence-corrected chi connectivity index (χ1v) is 7.36. The molecule has 2 unspecified atom stereocenters. The highest BCUT2D eigenvalue weighted by Crippen LogP contribution is 2.31. The lowest BCUT2D eigenvalue weighted by Gasteiger charge is -2.31. The van der Waals surface area contributed by atoms with E-state index in [-0.39, 0.29) is 12.1 Å². The highest BCUT2D eigenvalue weighted by Gasteiger charge is 2.42. The Bertz CT molecular complexity index is 355. The van der Waals surface area contributed by atoms with Crippen LogP contribution in [0.3, 0.4) is 0 Å². The van der Waals surface area contributed by atoms with Crippen molar-refractivity contribution < 1.29 is 14.7 Å². The molecule has 5 heteroatoms. The number of carbonyl (C=O) groups excluding carboxylic acids is 1. The van der Waals surface area contributed by atoms with Crippen molar-refractivity contribution in [3.05, 3.63) is 0 Å². The van der Waals surface area contributed by atoms with E-state index < -0.39 is 11.9 Å². The molecule has 1 saturated carbocycles. The summed E-state index contributed by atoms with van der Waals surface area (Å²) in [6.07, 6.45) is 4.87. The molecular formula is C14H24N2O3. The van der Waals surface area contributed by atoms with E-state index in [0.29, 0.717) is 19.0 Å². The first-order chi connectivity index (χ1) is 9.06. The van der Waals surface area contributed by atoms with Gasteiger partial charge < -0.3 is 14.9 Å². The first kappa shape index (κ1) is 14.2. The number of hydrogen-bond acceptors (Lipinski definition) is 2. The Morgan fingerprint density at radius 2 is 2.00 bits per heavy atom. The van der Waals surface area contributed by atoms with Crippen LogP contribution in [0.25, 0.3) is 0 Å². The Kier molecular flexibility index (Phi) is 4.32. The average molecular weight is 268 g/mol. The number of hydrogen-bond donors (Lipinski definition) is 1. The number of rotatable bonds is 5. The van der Waals surface area contributed by atoms with Crippen molar-refractivity contribution in [3.63, 3.8) is 0 Å². The lowest BCUT2D eigenvalue weighted by Crippen LogP contribution is -2.47. The first-order valence-electron chi connectivity index (χ1n) is 7.36. The molecule has 1 saturated heterocycles. The summed E-state index contributed by atoms with van der Waals surface area (Å²) in [5.74, 6) is -1.19. The number of unbranched alkanes of at least 4 members (excludes halogenated alkanes) is 1. The third-order valence-corrected chi connectivity index (χ3v) is 4.30. The quantitative estimate of drug-likeness (QED) is 0.831. The number of nitrogens with zero attached hydrogens (tertiary/aromatic N) is 2. The van der Waals surface area contributed by atoms with E-state index >= 15 is 0 Å². The third-order valence-electron chi connectivity index (χ3n) is 4.30. The number of carbonyl (C=O) groups is 2. The van der Waals surface area contributed by atoms with Crippen LogP contribution in [0.4, 0.5) is 4.79 Å². The van der Waals surface area contributed by atoms with Gasteiger partial charge in [0.1, 0.15) is 0 Å². The fourth-order valence-corrected chi connectivity index (χ4v) is 2.85. The Labute approximate surface area is 114 Å². The molecule has 1 heterocycles. The molecule has 5 nitrogen and oxygen atoms in total. The Morgan fingerprint density at radius 3 is 2.47 bits per heavy atom. The molecule has 0 aromatic rings. The Hall–Kier alpha value is -1.26. The third kappa shape index (κ3) is 3.01. The van der Waals surface area contributed by atoms with E-state index in [2.05, 4.69) is 6.92 Å². The molecule has 2 amide bonds. The minimum atomic E-state index is -0.783. The van der Waals surface area contributed by atoms with Gasteiger partial charge in [0, 0.05) is 25.2 Å². The van der Waals surface area contributed by atoms with Crippen molar-refractivity contribution in [1.29, 1.82) is 0 Å².